The highest BCUT2D eigenvalue weighted by Crippen LogP contribution is 2.25. The van der Waals surface area contributed by atoms with E-state index in [9.17, 15) is 8.42 Å². The zero-order valence-electron chi connectivity index (χ0n) is 14.2. The Morgan fingerprint density at radius 1 is 0.760 bits per heavy atom. The van der Waals surface area contributed by atoms with Gasteiger partial charge in [0, 0.05) is 24.1 Å². The maximum absolute atomic E-state index is 12.4. The maximum atomic E-state index is 12.4. The van der Waals surface area contributed by atoms with Crippen LogP contribution in [0.4, 0.5) is 17.1 Å². The SMILES string of the molecule is Cc1ccc(S(=O)(=O)Nc2ccc(N(C)c3ccccc3)cc2)cc1. The average Bonchev–Trinajstić information content (AvgIpc) is 2.62. The molecule has 4 nitrogen and oxygen atoms in total. The molecule has 0 unspecified atom stereocenters. The number of para-hydroxylation sites is 1. The molecule has 1 N–H and O–H groups in total. The highest BCUT2D eigenvalue weighted by Gasteiger charge is 2.14. The molecule has 25 heavy (non-hydrogen) atoms. The van der Waals surface area contributed by atoms with Crippen molar-refractivity contribution in [3.05, 3.63) is 84.4 Å². The van der Waals surface area contributed by atoms with Crippen molar-refractivity contribution in [2.45, 2.75) is 11.8 Å². The van der Waals surface area contributed by atoms with E-state index in [0.29, 0.717) is 5.69 Å². The highest BCUT2D eigenvalue weighted by molar-refractivity contribution is 7.92. The van der Waals surface area contributed by atoms with E-state index >= 15 is 0 Å². The molecule has 0 aliphatic carbocycles. The summed E-state index contributed by atoms with van der Waals surface area (Å²) in [6.45, 7) is 1.92. The Kier molecular flexibility index (Phi) is 4.76. The van der Waals surface area contributed by atoms with Gasteiger partial charge in [-0.25, -0.2) is 8.42 Å². The van der Waals surface area contributed by atoms with Gasteiger partial charge in [-0.15, -0.1) is 0 Å². The molecule has 0 radical (unpaired) electrons. The number of nitrogens with zero attached hydrogens (tertiary/aromatic N) is 1. The van der Waals surface area contributed by atoms with E-state index < -0.39 is 10.0 Å². The van der Waals surface area contributed by atoms with Crippen molar-refractivity contribution < 1.29 is 8.42 Å². The van der Waals surface area contributed by atoms with Crippen molar-refractivity contribution in [1.82, 2.24) is 0 Å². The summed E-state index contributed by atoms with van der Waals surface area (Å²) in [4.78, 5) is 2.29. The van der Waals surface area contributed by atoms with E-state index in [1.165, 1.54) is 0 Å². The number of hydrogen-bond donors (Lipinski definition) is 1. The summed E-state index contributed by atoms with van der Waals surface area (Å²) in [7, 11) is -1.61. The van der Waals surface area contributed by atoms with Crippen LogP contribution in [0.3, 0.4) is 0 Å². The smallest absolute Gasteiger partial charge is 0.261 e. The molecule has 0 saturated carbocycles. The van der Waals surface area contributed by atoms with Gasteiger partial charge in [-0.1, -0.05) is 35.9 Å². The van der Waals surface area contributed by atoms with Crippen molar-refractivity contribution in [2.24, 2.45) is 0 Å². The lowest BCUT2D eigenvalue weighted by molar-refractivity contribution is 0.601. The Morgan fingerprint density at radius 3 is 1.92 bits per heavy atom. The first-order valence-corrected chi connectivity index (χ1v) is 9.42. The predicted molar refractivity (Wildman–Crippen MR) is 103 cm³/mol. The summed E-state index contributed by atoms with van der Waals surface area (Å²) >= 11 is 0. The third-order valence-corrected chi connectivity index (χ3v) is 5.38. The van der Waals surface area contributed by atoms with Crippen LogP contribution in [-0.4, -0.2) is 15.5 Å². The van der Waals surface area contributed by atoms with Crippen LogP contribution in [0.5, 0.6) is 0 Å². The monoisotopic (exact) mass is 352 g/mol. The average molecular weight is 352 g/mol. The standard InChI is InChI=1S/C20H20N2O2S/c1-16-8-14-20(15-9-16)25(23,24)21-17-10-12-19(13-11-17)22(2)18-6-4-3-5-7-18/h3-15,21H,1-2H3. The minimum absolute atomic E-state index is 0.253. The zero-order valence-corrected chi connectivity index (χ0v) is 15.0. The number of nitrogens with one attached hydrogen (secondary N) is 1. The van der Waals surface area contributed by atoms with Crippen LogP contribution in [0.25, 0.3) is 0 Å². The second-order valence-electron chi connectivity index (χ2n) is 5.86. The van der Waals surface area contributed by atoms with Crippen molar-refractivity contribution in [3.63, 3.8) is 0 Å². The summed E-state index contributed by atoms with van der Waals surface area (Å²) in [5.74, 6) is 0. The van der Waals surface area contributed by atoms with E-state index in [1.54, 1.807) is 36.4 Å². The minimum atomic E-state index is -3.58. The largest absolute Gasteiger partial charge is 0.345 e. The molecule has 0 aliphatic heterocycles. The lowest BCUT2D eigenvalue weighted by Crippen LogP contribution is -2.13. The number of benzene rings is 3. The van der Waals surface area contributed by atoms with E-state index in [2.05, 4.69) is 4.72 Å². The van der Waals surface area contributed by atoms with Gasteiger partial charge in [0.05, 0.1) is 4.90 Å². The number of aryl methyl sites for hydroxylation is 1. The molecule has 0 aromatic heterocycles. The first-order chi connectivity index (χ1) is 12.0. The van der Waals surface area contributed by atoms with Crippen LogP contribution in [0.1, 0.15) is 5.56 Å². The molecular formula is C20H20N2O2S. The second kappa shape index (κ2) is 6.99. The molecule has 3 aromatic carbocycles. The number of sulfonamides is 1. The van der Waals surface area contributed by atoms with Crippen molar-refractivity contribution in [3.8, 4) is 0 Å². The molecule has 3 rings (SSSR count). The zero-order chi connectivity index (χ0) is 17.9. The van der Waals surface area contributed by atoms with Gasteiger partial charge < -0.3 is 4.90 Å². The van der Waals surface area contributed by atoms with Gasteiger partial charge in [-0.3, -0.25) is 4.72 Å². The number of hydrogen-bond acceptors (Lipinski definition) is 3. The van der Waals surface area contributed by atoms with Crippen LogP contribution in [0, 0.1) is 6.92 Å². The Balaban J connectivity index is 1.77. The van der Waals surface area contributed by atoms with Gasteiger partial charge in [0.25, 0.3) is 10.0 Å². The van der Waals surface area contributed by atoms with Gasteiger partial charge in [0.1, 0.15) is 0 Å². The first-order valence-electron chi connectivity index (χ1n) is 7.94. The van der Waals surface area contributed by atoms with Gasteiger partial charge in [-0.2, -0.15) is 0 Å². The Morgan fingerprint density at radius 2 is 1.32 bits per heavy atom. The fraction of sp³-hybridized carbons (Fsp3) is 0.100. The third-order valence-electron chi connectivity index (χ3n) is 3.98. The molecule has 0 atom stereocenters. The molecule has 0 aliphatic rings. The lowest BCUT2D eigenvalue weighted by atomic mass is 10.2. The van der Waals surface area contributed by atoms with E-state index in [0.717, 1.165) is 16.9 Å². The van der Waals surface area contributed by atoms with Gasteiger partial charge in [0.2, 0.25) is 0 Å². The summed E-state index contributed by atoms with van der Waals surface area (Å²) in [5.41, 5.74) is 3.60. The fourth-order valence-corrected chi connectivity index (χ4v) is 3.54. The van der Waals surface area contributed by atoms with Gasteiger partial charge >= 0.3 is 0 Å². The number of anilines is 3. The number of rotatable bonds is 5. The van der Waals surface area contributed by atoms with Crippen molar-refractivity contribution in [2.75, 3.05) is 16.7 Å². The first kappa shape index (κ1) is 17.0. The Bertz CT molecular complexity index is 935. The molecule has 128 valence electrons. The minimum Gasteiger partial charge on any atom is -0.345 e. The predicted octanol–water partition coefficient (Wildman–Crippen LogP) is 4.56. The van der Waals surface area contributed by atoms with Crippen LogP contribution in [0.15, 0.2) is 83.8 Å². The van der Waals surface area contributed by atoms with Gasteiger partial charge in [-0.05, 0) is 55.5 Å². The summed E-state index contributed by atoms with van der Waals surface area (Å²) < 4.78 is 27.5. The molecule has 0 amide bonds. The van der Waals surface area contributed by atoms with Crippen LogP contribution in [-0.2, 0) is 10.0 Å². The summed E-state index contributed by atoms with van der Waals surface area (Å²) in [6, 6.07) is 24.1. The van der Waals surface area contributed by atoms with Crippen LogP contribution in [0.2, 0.25) is 0 Å². The Labute approximate surface area is 148 Å². The fourth-order valence-electron chi connectivity index (χ4n) is 2.49. The molecule has 0 spiro atoms. The van der Waals surface area contributed by atoms with Crippen molar-refractivity contribution >= 4 is 27.1 Å². The van der Waals surface area contributed by atoms with Gasteiger partial charge in [0.15, 0.2) is 0 Å². The molecule has 0 saturated heterocycles. The maximum Gasteiger partial charge on any atom is 0.261 e. The van der Waals surface area contributed by atoms with Crippen LogP contribution < -0.4 is 9.62 Å². The molecule has 0 bridgehead atoms. The molecule has 5 heteroatoms. The van der Waals surface area contributed by atoms with Crippen LogP contribution >= 0.6 is 0 Å². The Hall–Kier alpha value is -2.79. The van der Waals surface area contributed by atoms with E-state index in [4.69, 9.17) is 0 Å². The second-order valence-corrected chi connectivity index (χ2v) is 7.54. The molecular weight excluding hydrogens is 332 g/mol. The van der Waals surface area contributed by atoms with Crippen molar-refractivity contribution in [1.29, 1.82) is 0 Å². The molecule has 0 fully saturated rings. The molecule has 3 aromatic rings. The summed E-state index contributed by atoms with van der Waals surface area (Å²) in [6.07, 6.45) is 0. The third kappa shape index (κ3) is 4.00. The topological polar surface area (TPSA) is 49.4 Å². The summed E-state index contributed by atoms with van der Waals surface area (Å²) in [5, 5.41) is 0. The molecule has 0 heterocycles. The normalized spacial score (nSPS) is 11.1. The van der Waals surface area contributed by atoms with E-state index in [1.807, 2.05) is 61.3 Å². The van der Waals surface area contributed by atoms with E-state index in [-0.39, 0.29) is 4.90 Å². The lowest BCUT2D eigenvalue weighted by Gasteiger charge is -2.19. The highest BCUT2D eigenvalue weighted by atomic mass is 32.2. The quantitative estimate of drug-likeness (QED) is 0.732.